The molecule has 4 heteroatoms. The van der Waals surface area contributed by atoms with Gasteiger partial charge in [-0.2, -0.15) is 0 Å². The van der Waals surface area contributed by atoms with Gasteiger partial charge in [0.1, 0.15) is 0 Å². The monoisotopic (exact) mass is 269 g/mol. The Labute approximate surface area is 118 Å². The first-order chi connectivity index (χ1) is 9.05. The summed E-state index contributed by atoms with van der Waals surface area (Å²) in [7, 11) is 2.21. The number of nitrogens with one attached hydrogen (secondary N) is 2. The fourth-order valence-electron chi connectivity index (χ4n) is 3.17. The summed E-state index contributed by atoms with van der Waals surface area (Å²) in [5.74, 6) is 0. The zero-order chi connectivity index (χ0) is 13.7. The van der Waals surface area contributed by atoms with Crippen molar-refractivity contribution in [3.8, 4) is 0 Å². The predicted octanol–water partition coefficient (Wildman–Crippen LogP) is 1.22. The number of ether oxygens (including phenoxy) is 1. The van der Waals surface area contributed by atoms with Crippen LogP contribution in [0.25, 0.3) is 0 Å². The van der Waals surface area contributed by atoms with E-state index in [1.807, 2.05) is 0 Å². The van der Waals surface area contributed by atoms with Crippen LogP contribution >= 0.6 is 0 Å². The third-order valence-corrected chi connectivity index (χ3v) is 4.41. The van der Waals surface area contributed by atoms with E-state index < -0.39 is 0 Å². The number of rotatable bonds is 5. The molecule has 0 spiro atoms. The summed E-state index contributed by atoms with van der Waals surface area (Å²) in [5.41, 5.74) is 0.0529. The van der Waals surface area contributed by atoms with Gasteiger partial charge in [-0.15, -0.1) is 0 Å². The third kappa shape index (κ3) is 5.38. The fourth-order valence-corrected chi connectivity index (χ4v) is 3.17. The van der Waals surface area contributed by atoms with E-state index in [0.717, 1.165) is 38.6 Å². The molecule has 2 saturated heterocycles. The molecule has 2 rings (SSSR count). The minimum absolute atomic E-state index is 0.0529. The van der Waals surface area contributed by atoms with Crippen molar-refractivity contribution in [3.05, 3.63) is 0 Å². The predicted molar refractivity (Wildman–Crippen MR) is 79.6 cm³/mol. The lowest BCUT2D eigenvalue weighted by Crippen LogP contribution is -2.47. The Bertz CT molecular complexity index is 262. The summed E-state index contributed by atoms with van der Waals surface area (Å²) in [5, 5.41) is 7.35. The molecular weight excluding hydrogens is 238 g/mol. The van der Waals surface area contributed by atoms with Crippen LogP contribution in [0.5, 0.6) is 0 Å². The molecule has 2 aliphatic rings. The zero-order valence-electron chi connectivity index (χ0n) is 12.9. The highest BCUT2D eigenvalue weighted by Crippen LogP contribution is 2.23. The SMILES string of the molecule is CN1CCC(NCCN[C@@H]2CCOC(C)(C)C2)CC1. The fraction of sp³-hybridized carbons (Fsp3) is 1.00. The Kier molecular flexibility index (Phi) is 5.63. The molecule has 0 aliphatic carbocycles. The van der Waals surface area contributed by atoms with Gasteiger partial charge in [-0.05, 0) is 59.7 Å². The van der Waals surface area contributed by atoms with Crippen LogP contribution < -0.4 is 10.6 Å². The van der Waals surface area contributed by atoms with Crippen LogP contribution in [0.4, 0.5) is 0 Å². The third-order valence-electron chi connectivity index (χ3n) is 4.41. The Morgan fingerprint density at radius 1 is 1.05 bits per heavy atom. The molecule has 1 atom stereocenters. The first kappa shape index (κ1) is 15.2. The number of likely N-dealkylation sites (tertiary alicyclic amines) is 1. The Morgan fingerprint density at radius 3 is 2.32 bits per heavy atom. The maximum atomic E-state index is 5.75. The van der Waals surface area contributed by atoms with Crippen LogP contribution in [0.3, 0.4) is 0 Å². The van der Waals surface area contributed by atoms with E-state index in [0.29, 0.717) is 6.04 Å². The highest BCUT2D eigenvalue weighted by Gasteiger charge is 2.28. The van der Waals surface area contributed by atoms with Gasteiger partial charge in [0.05, 0.1) is 5.60 Å². The molecule has 4 nitrogen and oxygen atoms in total. The van der Waals surface area contributed by atoms with E-state index in [9.17, 15) is 0 Å². The van der Waals surface area contributed by atoms with Crippen LogP contribution in [-0.2, 0) is 4.74 Å². The zero-order valence-corrected chi connectivity index (χ0v) is 12.9. The van der Waals surface area contributed by atoms with Gasteiger partial charge in [-0.25, -0.2) is 0 Å². The van der Waals surface area contributed by atoms with Gasteiger partial charge in [-0.1, -0.05) is 0 Å². The van der Waals surface area contributed by atoms with Crippen molar-refractivity contribution in [2.45, 2.75) is 57.2 Å². The van der Waals surface area contributed by atoms with Crippen molar-refractivity contribution in [3.63, 3.8) is 0 Å². The second kappa shape index (κ2) is 7.02. The summed E-state index contributed by atoms with van der Waals surface area (Å²) in [4.78, 5) is 2.42. The number of hydrogen-bond acceptors (Lipinski definition) is 4. The molecule has 0 bridgehead atoms. The summed E-state index contributed by atoms with van der Waals surface area (Å²) in [6, 6.07) is 1.35. The molecule has 2 aliphatic heterocycles. The van der Waals surface area contributed by atoms with E-state index in [4.69, 9.17) is 4.74 Å². The van der Waals surface area contributed by atoms with Gasteiger partial charge in [0.25, 0.3) is 0 Å². The van der Waals surface area contributed by atoms with E-state index in [1.165, 1.54) is 25.9 Å². The minimum atomic E-state index is 0.0529. The summed E-state index contributed by atoms with van der Waals surface area (Å²) < 4.78 is 5.75. The molecule has 0 aromatic rings. The average Bonchev–Trinajstić information content (AvgIpc) is 2.36. The largest absolute Gasteiger partial charge is 0.375 e. The molecule has 0 unspecified atom stereocenters. The van der Waals surface area contributed by atoms with Crippen LogP contribution in [-0.4, -0.2) is 62.4 Å². The smallest absolute Gasteiger partial charge is 0.0641 e. The molecule has 2 fully saturated rings. The second-order valence-electron chi connectivity index (χ2n) is 6.78. The maximum absolute atomic E-state index is 5.75. The molecule has 2 N–H and O–H groups in total. The van der Waals surface area contributed by atoms with E-state index in [1.54, 1.807) is 0 Å². The standard InChI is InChI=1S/C15H31N3O/c1-15(2)12-14(6-11-19-15)17-8-7-16-13-4-9-18(3)10-5-13/h13-14,16-17H,4-12H2,1-3H3/t14-/m1/s1. The molecule has 19 heavy (non-hydrogen) atoms. The van der Waals surface area contributed by atoms with Gasteiger partial charge in [-0.3, -0.25) is 0 Å². The normalized spacial score (nSPS) is 29.5. The van der Waals surface area contributed by atoms with E-state index in [2.05, 4.69) is 36.4 Å². The average molecular weight is 269 g/mol. The molecule has 0 radical (unpaired) electrons. The molecule has 0 saturated carbocycles. The van der Waals surface area contributed by atoms with Crippen LogP contribution in [0.2, 0.25) is 0 Å². The Balaban J connectivity index is 1.54. The summed E-state index contributed by atoms with van der Waals surface area (Å²) in [6.07, 6.45) is 4.86. The first-order valence-corrected chi connectivity index (χ1v) is 7.84. The number of nitrogens with zero attached hydrogens (tertiary/aromatic N) is 1. The Morgan fingerprint density at radius 2 is 1.68 bits per heavy atom. The van der Waals surface area contributed by atoms with Gasteiger partial charge < -0.3 is 20.3 Å². The van der Waals surface area contributed by atoms with Crippen molar-refractivity contribution in [2.24, 2.45) is 0 Å². The van der Waals surface area contributed by atoms with Crippen molar-refractivity contribution >= 4 is 0 Å². The lowest BCUT2D eigenvalue weighted by atomic mass is 9.94. The first-order valence-electron chi connectivity index (χ1n) is 7.84. The molecular formula is C15H31N3O. The lowest BCUT2D eigenvalue weighted by molar-refractivity contribution is -0.0627. The van der Waals surface area contributed by atoms with Crippen molar-refractivity contribution in [1.29, 1.82) is 0 Å². The van der Waals surface area contributed by atoms with Crippen molar-refractivity contribution < 1.29 is 4.74 Å². The lowest BCUT2D eigenvalue weighted by Gasteiger charge is -2.36. The van der Waals surface area contributed by atoms with Gasteiger partial charge in [0.2, 0.25) is 0 Å². The van der Waals surface area contributed by atoms with Gasteiger partial charge >= 0.3 is 0 Å². The molecule has 0 aromatic carbocycles. The van der Waals surface area contributed by atoms with Crippen LogP contribution in [0.15, 0.2) is 0 Å². The highest BCUT2D eigenvalue weighted by atomic mass is 16.5. The molecule has 112 valence electrons. The van der Waals surface area contributed by atoms with E-state index in [-0.39, 0.29) is 5.60 Å². The summed E-state index contributed by atoms with van der Waals surface area (Å²) in [6.45, 7) is 9.92. The van der Waals surface area contributed by atoms with Crippen molar-refractivity contribution in [1.82, 2.24) is 15.5 Å². The quantitative estimate of drug-likeness (QED) is 0.736. The summed E-state index contributed by atoms with van der Waals surface area (Å²) >= 11 is 0. The van der Waals surface area contributed by atoms with Gasteiger partial charge in [0.15, 0.2) is 0 Å². The highest BCUT2D eigenvalue weighted by molar-refractivity contribution is 4.83. The van der Waals surface area contributed by atoms with Crippen LogP contribution in [0.1, 0.15) is 39.5 Å². The minimum Gasteiger partial charge on any atom is -0.375 e. The molecule has 0 aromatic heterocycles. The Hall–Kier alpha value is -0.160. The molecule has 2 heterocycles. The number of hydrogen-bond donors (Lipinski definition) is 2. The van der Waals surface area contributed by atoms with Crippen molar-refractivity contribution in [2.75, 3.05) is 39.8 Å². The van der Waals surface area contributed by atoms with Crippen LogP contribution in [0, 0.1) is 0 Å². The molecule has 0 amide bonds. The second-order valence-corrected chi connectivity index (χ2v) is 6.78. The maximum Gasteiger partial charge on any atom is 0.0641 e. The van der Waals surface area contributed by atoms with Gasteiger partial charge in [0, 0.05) is 31.8 Å². The topological polar surface area (TPSA) is 36.5 Å². The van der Waals surface area contributed by atoms with E-state index >= 15 is 0 Å². The number of piperidine rings is 1.